The summed E-state index contributed by atoms with van der Waals surface area (Å²) in [5.41, 5.74) is 10.3. The first kappa shape index (κ1) is 13.4. The molecule has 0 bridgehead atoms. The molecule has 0 spiro atoms. The number of carbonyl (C=O) groups is 3. The van der Waals surface area contributed by atoms with Gasteiger partial charge in [0.2, 0.25) is 17.7 Å². The van der Waals surface area contributed by atoms with Gasteiger partial charge in [0.1, 0.15) is 0 Å². The van der Waals surface area contributed by atoms with Crippen molar-refractivity contribution in [2.75, 3.05) is 26.2 Å². The van der Waals surface area contributed by atoms with Crippen molar-refractivity contribution in [1.82, 2.24) is 10.2 Å². The Morgan fingerprint density at radius 2 is 2.06 bits per heavy atom. The van der Waals surface area contributed by atoms with E-state index in [0.29, 0.717) is 19.5 Å². The van der Waals surface area contributed by atoms with Gasteiger partial charge in [-0.05, 0) is 12.8 Å². The van der Waals surface area contributed by atoms with Crippen LogP contribution in [0, 0.1) is 5.92 Å². The number of primary amides is 1. The Labute approximate surface area is 99.5 Å². The van der Waals surface area contributed by atoms with E-state index in [-0.39, 0.29) is 36.7 Å². The van der Waals surface area contributed by atoms with Crippen LogP contribution in [-0.2, 0) is 14.4 Å². The number of piperidine rings is 1. The van der Waals surface area contributed by atoms with Crippen molar-refractivity contribution in [2.24, 2.45) is 17.4 Å². The molecule has 1 aliphatic heterocycles. The van der Waals surface area contributed by atoms with Gasteiger partial charge < -0.3 is 21.7 Å². The number of hydrogen-bond acceptors (Lipinski definition) is 4. The van der Waals surface area contributed by atoms with E-state index in [1.165, 1.54) is 0 Å². The summed E-state index contributed by atoms with van der Waals surface area (Å²) < 4.78 is 0. The Morgan fingerprint density at radius 3 is 2.65 bits per heavy atom. The largest absolute Gasteiger partial charge is 0.369 e. The number of rotatable bonds is 4. The van der Waals surface area contributed by atoms with Gasteiger partial charge in [-0.3, -0.25) is 14.4 Å². The van der Waals surface area contributed by atoms with Crippen LogP contribution in [0.1, 0.15) is 12.8 Å². The first-order valence-electron chi connectivity index (χ1n) is 5.58. The number of nitrogens with one attached hydrogen (secondary N) is 1. The second-order valence-corrected chi connectivity index (χ2v) is 4.06. The van der Waals surface area contributed by atoms with Gasteiger partial charge in [0.25, 0.3) is 0 Å². The highest BCUT2D eigenvalue weighted by molar-refractivity contribution is 5.86. The third-order valence-electron chi connectivity index (χ3n) is 2.80. The lowest BCUT2D eigenvalue weighted by molar-refractivity contribution is -0.135. The third-order valence-corrected chi connectivity index (χ3v) is 2.80. The maximum absolute atomic E-state index is 11.7. The average Bonchev–Trinajstić information content (AvgIpc) is 2.35. The van der Waals surface area contributed by atoms with Crippen LogP contribution in [0.4, 0.5) is 0 Å². The minimum absolute atomic E-state index is 0.0818. The van der Waals surface area contributed by atoms with Crippen LogP contribution in [0.5, 0.6) is 0 Å². The molecule has 1 aliphatic rings. The number of nitrogens with two attached hydrogens (primary N) is 2. The van der Waals surface area contributed by atoms with Crippen molar-refractivity contribution in [3.8, 4) is 0 Å². The molecule has 0 aromatic carbocycles. The average molecular weight is 242 g/mol. The Balaban J connectivity index is 2.41. The maximum atomic E-state index is 11.7. The zero-order valence-corrected chi connectivity index (χ0v) is 9.65. The second kappa shape index (κ2) is 6.19. The minimum atomic E-state index is -0.381. The van der Waals surface area contributed by atoms with Gasteiger partial charge in [-0.15, -0.1) is 0 Å². The van der Waals surface area contributed by atoms with Crippen LogP contribution in [0.25, 0.3) is 0 Å². The number of hydrogen-bond donors (Lipinski definition) is 3. The molecule has 96 valence electrons. The highest BCUT2D eigenvalue weighted by atomic mass is 16.2. The van der Waals surface area contributed by atoms with E-state index in [0.717, 1.165) is 6.42 Å². The maximum Gasteiger partial charge on any atom is 0.241 e. The van der Waals surface area contributed by atoms with Crippen LogP contribution < -0.4 is 16.8 Å². The van der Waals surface area contributed by atoms with Crippen molar-refractivity contribution in [3.63, 3.8) is 0 Å². The molecule has 0 aromatic rings. The standard InChI is InChI=1S/C10H18N4O3/c11-4-8(15)13-5-9(16)14-3-1-2-7(6-14)10(12)17/h7H,1-6,11H2,(H2,12,17)(H,13,15). The van der Waals surface area contributed by atoms with Crippen molar-refractivity contribution >= 4 is 17.7 Å². The molecule has 1 atom stereocenters. The minimum Gasteiger partial charge on any atom is -0.369 e. The summed E-state index contributed by atoms with van der Waals surface area (Å²) in [6.45, 7) is 0.715. The lowest BCUT2D eigenvalue weighted by Crippen LogP contribution is -2.48. The summed E-state index contributed by atoms with van der Waals surface area (Å²) in [6.07, 6.45) is 1.47. The Morgan fingerprint density at radius 1 is 1.35 bits per heavy atom. The summed E-state index contributed by atoms with van der Waals surface area (Å²) in [7, 11) is 0. The molecular weight excluding hydrogens is 224 g/mol. The Hall–Kier alpha value is -1.63. The van der Waals surface area contributed by atoms with Crippen molar-refractivity contribution in [1.29, 1.82) is 0 Å². The molecule has 7 heteroatoms. The number of likely N-dealkylation sites (tertiary alicyclic amines) is 1. The van der Waals surface area contributed by atoms with Gasteiger partial charge in [-0.25, -0.2) is 0 Å². The van der Waals surface area contributed by atoms with Crippen molar-refractivity contribution in [3.05, 3.63) is 0 Å². The predicted molar refractivity (Wildman–Crippen MR) is 60.6 cm³/mol. The molecule has 0 saturated carbocycles. The van der Waals surface area contributed by atoms with E-state index in [1.54, 1.807) is 4.90 Å². The smallest absolute Gasteiger partial charge is 0.241 e. The third kappa shape index (κ3) is 4.03. The van der Waals surface area contributed by atoms with Crippen LogP contribution in [0.2, 0.25) is 0 Å². The zero-order valence-electron chi connectivity index (χ0n) is 9.65. The fourth-order valence-corrected chi connectivity index (χ4v) is 1.79. The van der Waals surface area contributed by atoms with E-state index < -0.39 is 0 Å². The molecule has 1 rings (SSSR count). The summed E-state index contributed by atoms with van der Waals surface area (Å²) >= 11 is 0. The lowest BCUT2D eigenvalue weighted by atomic mass is 9.97. The van der Waals surface area contributed by atoms with Crippen molar-refractivity contribution < 1.29 is 14.4 Å². The van der Waals surface area contributed by atoms with Gasteiger partial charge in [-0.1, -0.05) is 0 Å². The molecule has 1 heterocycles. The normalized spacial score (nSPS) is 19.8. The second-order valence-electron chi connectivity index (χ2n) is 4.06. The van der Waals surface area contributed by atoms with Crippen molar-refractivity contribution in [2.45, 2.75) is 12.8 Å². The fraction of sp³-hybridized carbons (Fsp3) is 0.700. The van der Waals surface area contributed by atoms with E-state index >= 15 is 0 Å². The Bertz CT molecular complexity index is 319. The number of nitrogens with zero attached hydrogens (tertiary/aromatic N) is 1. The fourth-order valence-electron chi connectivity index (χ4n) is 1.79. The SMILES string of the molecule is NCC(=O)NCC(=O)N1CCCC(C(N)=O)C1. The first-order chi connectivity index (χ1) is 8.04. The highest BCUT2D eigenvalue weighted by Crippen LogP contribution is 2.15. The molecule has 0 aliphatic carbocycles. The predicted octanol–water partition coefficient (Wildman–Crippen LogP) is -2.21. The van der Waals surface area contributed by atoms with E-state index in [9.17, 15) is 14.4 Å². The molecule has 5 N–H and O–H groups in total. The number of carbonyl (C=O) groups excluding carboxylic acids is 3. The first-order valence-corrected chi connectivity index (χ1v) is 5.58. The Kier molecular flexibility index (Phi) is 4.89. The highest BCUT2D eigenvalue weighted by Gasteiger charge is 2.26. The van der Waals surface area contributed by atoms with E-state index in [2.05, 4.69) is 5.32 Å². The molecule has 7 nitrogen and oxygen atoms in total. The van der Waals surface area contributed by atoms with Gasteiger partial charge in [0.05, 0.1) is 19.0 Å². The van der Waals surface area contributed by atoms with Gasteiger partial charge in [0.15, 0.2) is 0 Å². The summed E-state index contributed by atoms with van der Waals surface area (Å²) in [6, 6.07) is 0. The van der Waals surface area contributed by atoms with Crippen LogP contribution in [0.3, 0.4) is 0 Å². The molecule has 1 saturated heterocycles. The summed E-state index contributed by atoms with van der Waals surface area (Å²) in [5, 5.41) is 2.40. The van der Waals surface area contributed by atoms with Gasteiger partial charge in [0, 0.05) is 13.1 Å². The molecular formula is C10H18N4O3. The molecule has 17 heavy (non-hydrogen) atoms. The van der Waals surface area contributed by atoms with Gasteiger partial charge in [-0.2, -0.15) is 0 Å². The topological polar surface area (TPSA) is 119 Å². The summed E-state index contributed by atoms with van der Waals surface area (Å²) in [4.78, 5) is 35.2. The van der Waals surface area contributed by atoms with Crippen LogP contribution in [0.15, 0.2) is 0 Å². The van der Waals surface area contributed by atoms with Gasteiger partial charge >= 0.3 is 0 Å². The summed E-state index contributed by atoms with van der Waals surface area (Å²) in [5.74, 6) is -1.24. The van der Waals surface area contributed by atoms with E-state index in [1.807, 2.05) is 0 Å². The molecule has 0 aromatic heterocycles. The molecule has 3 amide bonds. The zero-order chi connectivity index (χ0) is 12.8. The quantitative estimate of drug-likeness (QED) is 0.517. The van der Waals surface area contributed by atoms with Crippen LogP contribution in [-0.4, -0.2) is 48.8 Å². The lowest BCUT2D eigenvalue weighted by Gasteiger charge is -2.31. The number of amides is 3. The molecule has 1 unspecified atom stereocenters. The molecule has 0 radical (unpaired) electrons. The molecule has 1 fully saturated rings. The monoisotopic (exact) mass is 242 g/mol. The van der Waals surface area contributed by atoms with Crippen LogP contribution >= 0.6 is 0 Å². The van der Waals surface area contributed by atoms with E-state index in [4.69, 9.17) is 11.5 Å².